The zero-order valence-corrected chi connectivity index (χ0v) is 11.4. The van der Waals surface area contributed by atoms with Gasteiger partial charge in [-0.05, 0) is 29.5 Å². The molecule has 0 atom stereocenters. The monoisotopic (exact) mass is 257 g/mol. The summed E-state index contributed by atoms with van der Waals surface area (Å²) in [6, 6.07) is 5.10. The second kappa shape index (κ2) is 4.44. The Morgan fingerprint density at radius 1 is 1.32 bits per heavy atom. The van der Waals surface area contributed by atoms with E-state index in [1.54, 1.807) is 12.1 Å². The Hall–Kier alpha value is -2.26. The van der Waals surface area contributed by atoms with Gasteiger partial charge in [0.15, 0.2) is 0 Å². The normalized spacial score (nSPS) is 11.4. The Bertz CT molecular complexity index is 748. The zero-order valence-electron chi connectivity index (χ0n) is 11.4. The predicted octanol–water partition coefficient (Wildman–Crippen LogP) is 4.34. The van der Waals surface area contributed by atoms with Crippen LogP contribution in [0.2, 0.25) is 0 Å². The molecule has 0 spiro atoms. The van der Waals surface area contributed by atoms with Gasteiger partial charge in [0.05, 0.1) is 0 Å². The number of hydrogen-bond acceptors (Lipinski definition) is 3. The third-order valence-electron chi connectivity index (χ3n) is 3.06. The number of benzene rings is 1. The van der Waals surface area contributed by atoms with Crippen molar-refractivity contribution in [1.82, 2.24) is 0 Å². The molecule has 98 valence electrons. The van der Waals surface area contributed by atoms with E-state index >= 15 is 0 Å². The molecular weight excluding hydrogens is 242 g/mol. The van der Waals surface area contributed by atoms with Gasteiger partial charge in [0.2, 0.25) is 0 Å². The van der Waals surface area contributed by atoms with Gasteiger partial charge in [0.1, 0.15) is 5.58 Å². The summed E-state index contributed by atoms with van der Waals surface area (Å²) in [6.45, 7) is 7.85. The lowest BCUT2D eigenvalue weighted by Gasteiger charge is -2.20. The average molecular weight is 257 g/mol. The molecule has 1 aromatic carbocycles. The highest BCUT2D eigenvalue weighted by molar-refractivity contribution is 5.83. The summed E-state index contributed by atoms with van der Waals surface area (Å²) >= 11 is 0. The van der Waals surface area contributed by atoms with Gasteiger partial charge in [-0.3, -0.25) is 0 Å². The van der Waals surface area contributed by atoms with Gasteiger partial charge >= 0.3 is 5.63 Å². The molecule has 1 heterocycles. The Kier molecular flexibility index (Phi) is 3.08. The van der Waals surface area contributed by atoms with Gasteiger partial charge in [-0.2, -0.15) is 0 Å². The fraction of sp³-hybridized carbons (Fsp3) is 0.357. The maximum Gasteiger partial charge on any atom is 0.340 e. The van der Waals surface area contributed by atoms with Crippen molar-refractivity contribution in [2.75, 3.05) is 0 Å². The number of azide groups is 1. The third kappa shape index (κ3) is 2.33. The van der Waals surface area contributed by atoms with Crippen molar-refractivity contribution in [2.24, 2.45) is 5.11 Å². The van der Waals surface area contributed by atoms with Gasteiger partial charge in [0, 0.05) is 21.5 Å². The quantitative estimate of drug-likeness (QED) is 0.329. The second-order valence-electron chi connectivity index (χ2n) is 5.51. The Labute approximate surface area is 110 Å². The first kappa shape index (κ1) is 13.2. The fourth-order valence-electron chi connectivity index (χ4n) is 2.33. The molecule has 1 aromatic heterocycles. The SMILES string of the molecule is Cc1c(C(C)(C)C)c(=O)oc2cc(N=[N+]=[N-])ccc12. The number of hydrogen-bond donors (Lipinski definition) is 0. The molecule has 0 radical (unpaired) electrons. The first-order valence-corrected chi connectivity index (χ1v) is 5.97. The van der Waals surface area contributed by atoms with Crippen LogP contribution in [-0.4, -0.2) is 0 Å². The molecule has 19 heavy (non-hydrogen) atoms. The summed E-state index contributed by atoms with van der Waals surface area (Å²) in [4.78, 5) is 14.8. The van der Waals surface area contributed by atoms with Gasteiger partial charge in [-0.1, -0.05) is 38.0 Å². The van der Waals surface area contributed by atoms with Crippen LogP contribution in [0.25, 0.3) is 21.4 Å². The van der Waals surface area contributed by atoms with E-state index in [1.807, 2.05) is 33.8 Å². The molecule has 5 nitrogen and oxygen atoms in total. The largest absolute Gasteiger partial charge is 0.422 e. The number of rotatable bonds is 1. The van der Waals surface area contributed by atoms with Crippen molar-refractivity contribution in [2.45, 2.75) is 33.1 Å². The molecule has 0 unspecified atom stereocenters. The van der Waals surface area contributed by atoms with Gasteiger partial charge < -0.3 is 4.42 Å². The molecule has 2 aromatic rings. The highest BCUT2D eigenvalue weighted by Crippen LogP contribution is 2.29. The van der Waals surface area contributed by atoms with Gasteiger partial charge in [0.25, 0.3) is 0 Å². The molecule has 0 aliphatic carbocycles. The smallest absolute Gasteiger partial charge is 0.340 e. The maximum atomic E-state index is 12.1. The number of nitrogens with zero attached hydrogens (tertiary/aromatic N) is 3. The lowest BCUT2D eigenvalue weighted by atomic mass is 9.84. The van der Waals surface area contributed by atoms with Crippen molar-refractivity contribution in [3.8, 4) is 0 Å². The summed E-state index contributed by atoms with van der Waals surface area (Å²) < 4.78 is 5.35. The van der Waals surface area contributed by atoms with Crippen LogP contribution < -0.4 is 5.63 Å². The van der Waals surface area contributed by atoms with E-state index in [0.717, 1.165) is 10.9 Å². The maximum absolute atomic E-state index is 12.1. The summed E-state index contributed by atoms with van der Waals surface area (Å²) in [5.74, 6) is 0. The molecule has 0 saturated carbocycles. The minimum absolute atomic E-state index is 0.275. The van der Waals surface area contributed by atoms with Crippen molar-refractivity contribution in [3.63, 3.8) is 0 Å². The molecule has 0 aliphatic heterocycles. The lowest BCUT2D eigenvalue weighted by molar-refractivity contribution is 0.499. The Morgan fingerprint density at radius 2 is 2.00 bits per heavy atom. The predicted molar refractivity (Wildman–Crippen MR) is 74.7 cm³/mol. The summed E-state index contributed by atoms with van der Waals surface area (Å²) in [5, 5.41) is 4.37. The second-order valence-corrected chi connectivity index (χ2v) is 5.51. The van der Waals surface area contributed by atoms with Crippen LogP contribution in [-0.2, 0) is 5.41 Å². The van der Waals surface area contributed by atoms with E-state index in [2.05, 4.69) is 10.0 Å². The summed E-state index contributed by atoms with van der Waals surface area (Å²) in [6.07, 6.45) is 0. The van der Waals surface area contributed by atoms with E-state index in [0.29, 0.717) is 16.8 Å². The van der Waals surface area contributed by atoms with E-state index < -0.39 is 0 Å². The van der Waals surface area contributed by atoms with Crippen LogP contribution in [0, 0.1) is 6.92 Å². The molecule has 2 rings (SSSR count). The molecule has 0 aliphatic rings. The lowest BCUT2D eigenvalue weighted by Crippen LogP contribution is -2.23. The van der Waals surface area contributed by atoms with E-state index in [-0.39, 0.29) is 11.0 Å². The van der Waals surface area contributed by atoms with E-state index in [4.69, 9.17) is 9.95 Å². The summed E-state index contributed by atoms with van der Waals surface area (Å²) in [7, 11) is 0. The van der Waals surface area contributed by atoms with Crippen molar-refractivity contribution in [1.29, 1.82) is 0 Å². The van der Waals surface area contributed by atoms with Gasteiger partial charge in [-0.25, -0.2) is 4.79 Å². The summed E-state index contributed by atoms with van der Waals surface area (Å²) in [5.41, 5.74) is 10.3. The average Bonchev–Trinajstić information content (AvgIpc) is 2.26. The van der Waals surface area contributed by atoms with Crippen molar-refractivity contribution >= 4 is 16.7 Å². The van der Waals surface area contributed by atoms with Crippen LogP contribution in [0.4, 0.5) is 5.69 Å². The highest BCUT2D eigenvalue weighted by Gasteiger charge is 2.23. The Morgan fingerprint density at radius 3 is 2.58 bits per heavy atom. The first-order valence-electron chi connectivity index (χ1n) is 5.97. The Balaban J connectivity index is 2.84. The van der Waals surface area contributed by atoms with Crippen LogP contribution >= 0.6 is 0 Å². The number of fused-ring (bicyclic) bond motifs is 1. The topological polar surface area (TPSA) is 79.0 Å². The molecule has 0 N–H and O–H groups in total. The van der Waals surface area contributed by atoms with Crippen molar-refractivity contribution in [3.05, 3.63) is 50.2 Å². The fourth-order valence-corrected chi connectivity index (χ4v) is 2.33. The van der Waals surface area contributed by atoms with Crippen LogP contribution in [0.15, 0.2) is 32.5 Å². The third-order valence-corrected chi connectivity index (χ3v) is 3.06. The number of aryl methyl sites for hydroxylation is 1. The molecular formula is C14H15N3O2. The van der Waals surface area contributed by atoms with Crippen LogP contribution in [0.5, 0.6) is 0 Å². The van der Waals surface area contributed by atoms with Crippen molar-refractivity contribution < 1.29 is 4.42 Å². The van der Waals surface area contributed by atoms with Gasteiger partial charge in [-0.15, -0.1) is 0 Å². The molecule has 0 amide bonds. The van der Waals surface area contributed by atoms with E-state index in [9.17, 15) is 4.79 Å². The van der Waals surface area contributed by atoms with Crippen LogP contribution in [0.1, 0.15) is 31.9 Å². The zero-order chi connectivity index (χ0) is 14.2. The minimum atomic E-state index is -0.337. The van der Waals surface area contributed by atoms with E-state index in [1.165, 1.54) is 0 Å². The molecule has 0 saturated heterocycles. The molecule has 5 heteroatoms. The molecule has 0 fully saturated rings. The highest BCUT2D eigenvalue weighted by atomic mass is 16.4. The van der Waals surface area contributed by atoms with Crippen LogP contribution in [0.3, 0.4) is 0 Å². The first-order chi connectivity index (χ1) is 8.84. The minimum Gasteiger partial charge on any atom is -0.422 e. The standard InChI is InChI=1S/C14H15N3O2/c1-8-10-6-5-9(16-17-15)7-11(10)19-13(18)12(8)14(2,3)4/h5-7H,1-4H3. The molecule has 0 bridgehead atoms.